The van der Waals surface area contributed by atoms with Gasteiger partial charge >= 0.3 is 5.97 Å². The van der Waals surface area contributed by atoms with Crippen molar-refractivity contribution < 1.29 is 14.3 Å². The first-order chi connectivity index (χ1) is 14.8. The van der Waals surface area contributed by atoms with Crippen LogP contribution in [-0.4, -0.2) is 33.8 Å². The van der Waals surface area contributed by atoms with Gasteiger partial charge in [-0.3, -0.25) is 19.0 Å². The number of nitrogens with one attached hydrogen (secondary N) is 1. The number of nitrogens with zero attached hydrogens (tertiary/aromatic N) is 2. The Morgan fingerprint density at radius 2 is 1.77 bits per heavy atom. The summed E-state index contributed by atoms with van der Waals surface area (Å²) in [5.74, 6) is -0.527. The van der Waals surface area contributed by atoms with Gasteiger partial charge in [0, 0.05) is 5.69 Å². The highest BCUT2D eigenvalue weighted by atomic mass is 32.2. The zero-order valence-corrected chi connectivity index (χ0v) is 18.7. The number of carbonyl (C=O) groups excluding carboxylic acids is 2. The second kappa shape index (κ2) is 9.78. The number of ether oxygens (including phenoxy) is 1. The number of thioether (sulfide) groups is 1. The molecule has 0 saturated carbocycles. The van der Waals surface area contributed by atoms with E-state index >= 15 is 0 Å². The molecular formula is C23H25N3O4S. The maximum absolute atomic E-state index is 13.0. The van der Waals surface area contributed by atoms with Crippen molar-refractivity contribution in [2.24, 2.45) is 0 Å². The Kier molecular flexibility index (Phi) is 7.12. The van der Waals surface area contributed by atoms with E-state index in [0.717, 1.165) is 23.0 Å². The zero-order valence-electron chi connectivity index (χ0n) is 17.9. The number of methoxy groups -OCH3 is 1. The smallest absolute Gasteiger partial charge is 0.325 e. The topological polar surface area (TPSA) is 90.3 Å². The van der Waals surface area contributed by atoms with Crippen LogP contribution in [0.3, 0.4) is 0 Å². The molecule has 8 heteroatoms. The molecule has 1 aromatic heterocycles. The molecule has 2 aromatic carbocycles. The van der Waals surface area contributed by atoms with Crippen molar-refractivity contribution >= 4 is 40.2 Å². The molecule has 0 radical (unpaired) electrons. The largest absolute Gasteiger partial charge is 0.468 e. The fraction of sp³-hybridized carbons (Fsp3) is 0.304. The summed E-state index contributed by atoms with van der Waals surface area (Å²) in [5.41, 5.74) is 1.96. The number of esters is 1. The lowest BCUT2D eigenvalue weighted by atomic mass is 10.0. The van der Waals surface area contributed by atoms with Crippen molar-refractivity contribution in [3.05, 3.63) is 64.4 Å². The van der Waals surface area contributed by atoms with Crippen LogP contribution in [0.25, 0.3) is 10.9 Å². The number of carbonyl (C=O) groups is 2. The van der Waals surface area contributed by atoms with Crippen molar-refractivity contribution in [2.45, 2.75) is 43.6 Å². The highest BCUT2D eigenvalue weighted by Crippen LogP contribution is 2.27. The fourth-order valence-electron chi connectivity index (χ4n) is 3.13. The minimum absolute atomic E-state index is 0.217. The summed E-state index contributed by atoms with van der Waals surface area (Å²) in [6.07, 6.45) is 0. The van der Waals surface area contributed by atoms with Gasteiger partial charge in [-0.25, -0.2) is 4.98 Å². The number of rotatable bonds is 7. The van der Waals surface area contributed by atoms with Crippen LogP contribution in [0.15, 0.2) is 58.5 Å². The van der Waals surface area contributed by atoms with Crippen LogP contribution in [-0.2, 0) is 20.9 Å². The highest BCUT2D eigenvalue weighted by Gasteiger charge is 2.21. The first-order valence-corrected chi connectivity index (χ1v) is 10.8. The zero-order chi connectivity index (χ0) is 22.5. The Labute approximate surface area is 184 Å². The van der Waals surface area contributed by atoms with Crippen LogP contribution < -0.4 is 10.9 Å². The molecule has 0 saturated heterocycles. The lowest BCUT2D eigenvalue weighted by Crippen LogP contribution is -2.29. The number of aromatic nitrogens is 2. The molecule has 7 nitrogen and oxygen atoms in total. The minimum Gasteiger partial charge on any atom is -0.468 e. The van der Waals surface area contributed by atoms with Crippen LogP contribution in [0.5, 0.6) is 0 Å². The van der Waals surface area contributed by atoms with E-state index in [2.05, 4.69) is 24.1 Å². The van der Waals surface area contributed by atoms with E-state index in [9.17, 15) is 14.4 Å². The average Bonchev–Trinajstić information content (AvgIpc) is 2.76. The fourth-order valence-corrected chi connectivity index (χ4v) is 4.04. The van der Waals surface area contributed by atoms with E-state index in [4.69, 9.17) is 4.74 Å². The second-order valence-corrected chi connectivity index (χ2v) is 8.68. The van der Waals surface area contributed by atoms with Crippen molar-refractivity contribution in [1.29, 1.82) is 0 Å². The van der Waals surface area contributed by atoms with E-state index in [-0.39, 0.29) is 29.1 Å². The molecule has 1 atom stereocenters. The lowest BCUT2D eigenvalue weighted by molar-refractivity contribution is -0.141. The summed E-state index contributed by atoms with van der Waals surface area (Å²) in [6, 6.07) is 14.6. The van der Waals surface area contributed by atoms with Gasteiger partial charge in [-0.1, -0.05) is 55.9 Å². The Balaban J connectivity index is 1.91. The summed E-state index contributed by atoms with van der Waals surface area (Å²) in [5, 5.41) is 3.10. The molecule has 0 aliphatic heterocycles. The lowest BCUT2D eigenvalue weighted by Gasteiger charge is -2.18. The quantitative estimate of drug-likeness (QED) is 0.342. The van der Waals surface area contributed by atoms with Crippen molar-refractivity contribution in [3.63, 3.8) is 0 Å². The first kappa shape index (κ1) is 22.6. The first-order valence-electron chi connectivity index (χ1n) is 9.94. The van der Waals surface area contributed by atoms with Gasteiger partial charge in [0.05, 0.1) is 23.3 Å². The molecule has 3 aromatic rings. The Morgan fingerprint density at radius 1 is 1.10 bits per heavy atom. The SMILES string of the molecule is COC(=O)Cn1c(SC(C)C(=O)Nc2ccccc2C(C)C)nc2ccccc2c1=O. The molecule has 0 aliphatic rings. The van der Waals surface area contributed by atoms with Crippen molar-refractivity contribution in [1.82, 2.24) is 9.55 Å². The van der Waals surface area contributed by atoms with Gasteiger partial charge in [0.15, 0.2) is 5.16 Å². The molecule has 0 bridgehead atoms. The molecule has 0 aliphatic carbocycles. The number of hydrogen-bond donors (Lipinski definition) is 1. The highest BCUT2D eigenvalue weighted by molar-refractivity contribution is 8.00. The number of benzene rings is 2. The normalized spacial score (nSPS) is 12.0. The monoisotopic (exact) mass is 439 g/mol. The summed E-state index contributed by atoms with van der Waals surface area (Å²) in [4.78, 5) is 42.3. The standard InChI is InChI=1S/C23H25N3O4S/c1-14(2)16-9-5-7-11-18(16)24-21(28)15(3)31-23-25-19-12-8-6-10-17(19)22(29)26(23)13-20(27)30-4/h5-12,14-15H,13H2,1-4H3,(H,24,28). The molecule has 0 spiro atoms. The van der Waals surface area contributed by atoms with E-state index in [1.807, 2.05) is 24.3 Å². The maximum Gasteiger partial charge on any atom is 0.325 e. The number of fused-ring (bicyclic) bond motifs is 1. The average molecular weight is 440 g/mol. The van der Waals surface area contributed by atoms with Gasteiger partial charge in [-0.05, 0) is 36.6 Å². The third kappa shape index (κ3) is 5.14. The number of para-hydroxylation sites is 2. The molecule has 1 amide bonds. The summed E-state index contributed by atoms with van der Waals surface area (Å²) < 4.78 is 5.98. The molecule has 31 heavy (non-hydrogen) atoms. The van der Waals surface area contributed by atoms with Gasteiger partial charge < -0.3 is 10.1 Å². The third-order valence-electron chi connectivity index (χ3n) is 4.83. The molecular weight excluding hydrogens is 414 g/mol. The van der Waals surface area contributed by atoms with E-state index in [1.54, 1.807) is 31.2 Å². The van der Waals surface area contributed by atoms with Crippen molar-refractivity contribution in [3.8, 4) is 0 Å². The van der Waals surface area contributed by atoms with Gasteiger partial charge in [0.1, 0.15) is 6.54 Å². The summed E-state index contributed by atoms with van der Waals surface area (Å²) in [6.45, 7) is 5.59. The molecule has 162 valence electrons. The van der Waals surface area contributed by atoms with Gasteiger partial charge in [0.2, 0.25) is 5.91 Å². The predicted octanol–water partition coefficient (Wildman–Crippen LogP) is 3.81. The maximum atomic E-state index is 13.0. The predicted molar refractivity (Wildman–Crippen MR) is 122 cm³/mol. The van der Waals surface area contributed by atoms with Crippen LogP contribution in [0.4, 0.5) is 5.69 Å². The molecule has 1 heterocycles. The molecule has 3 rings (SSSR count). The number of hydrogen-bond acceptors (Lipinski definition) is 6. The van der Waals surface area contributed by atoms with Crippen LogP contribution in [0, 0.1) is 0 Å². The van der Waals surface area contributed by atoms with Crippen molar-refractivity contribution in [2.75, 3.05) is 12.4 Å². The second-order valence-electron chi connectivity index (χ2n) is 7.37. The molecule has 1 unspecified atom stereocenters. The molecule has 1 N–H and O–H groups in total. The van der Waals surface area contributed by atoms with Crippen LogP contribution in [0.2, 0.25) is 0 Å². The van der Waals surface area contributed by atoms with E-state index in [1.165, 1.54) is 11.7 Å². The van der Waals surface area contributed by atoms with E-state index in [0.29, 0.717) is 10.9 Å². The summed E-state index contributed by atoms with van der Waals surface area (Å²) in [7, 11) is 1.26. The Bertz CT molecular complexity index is 1170. The minimum atomic E-state index is -0.566. The summed E-state index contributed by atoms with van der Waals surface area (Å²) >= 11 is 1.13. The Morgan fingerprint density at radius 3 is 2.48 bits per heavy atom. The van der Waals surface area contributed by atoms with Gasteiger partial charge in [-0.15, -0.1) is 0 Å². The third-order valence-corrected chi connectivity index (χ3v) is 5.92. The van der Waals surface area contributed by atoms with Crippen LogP contribution >= 0.6 is 11.8 Å². The number of amides is 1. The van der Waals surface area contributed by atoms with Gasteiger partial charge in [-0.2, -0.15) is 0 Å². The number of anilines is 1. The van der Waals surface area contributed by atoms with E-state index < -0.39 is 11.2 Å². The van der Waals surface area contributed by atoms with Gasteiger partial charge in [0.25, 0.3) is 5.56 Å². The Hall–Kier alpha value is -3.13. The van der Waals surface area contributed by atoms with Crippen LogP contribution in [0.1, 0.15) is 32.3 Å². The molecule has 0 fully saturated rings.